The van der Waals surface area contributed by atoms with E-state index in [1.807, 2.05) is 43.7 Å². The van der Waals surface area contributed by atoms with Crippen LogP contribution in [0.3, 0.4) is 0 Å². The van der Waals surface area contributed by atoms with Crippen molar-refractivity contribution >= 4 is 5.82 Å². The summed E-state index contributed by atoms with van der Waals surface area (Å²) in [5.41, 5.74) is 2.15. The fourth-order valence-corrected chi connectivity index (χ4v) is 1.86. The number of nitrogens with zero attached hydrogens (tertiary/aromatic N) is 3. The van der Waals surface area contributed by atoms with Gasteiger partial charge in [0.05, 0.1) is 6.10 Å². The lowest BCUT2D eigenvalue weighted by atomic mass is 10.1. The molecule has 0 saturated carbocycles. The molecule has 0 aliphatic heterocycles. The highest BCUT2D eigenvalue weighted by molar-refractivity contribution is 5.40. The van der Waals surface area contributed by atoms with Crippen LogP contribution >= 0.6 is 0 Å². The highest BCUT2D eigenvalue weighted by Gasteiger charge is 2.06. The molecule has 4 heteroatoms. The van der Waals surface area contributed by atoms with Crippen LogP contribution in [0.4, 0.5) is 5.82 Å². The van der Waals surface area contributed by atoms with Gasteiger partial charge in [-0.05, 0) is 48.7 Å². The molecule has 2 aromatic rings. The van der Waals surface area contributed by atoms with E-state index in [0.717, 1.165) is 24.3 Å². The number of hydrogen-bond acceptors (Lipinski definition) is 4. The molecule has 1 unspecified atom stereocenters. The highest BCUT2D eigenvalue weighted by atomic mass is 16.3. The Bertz CT molecular complexity index is 514. The van der Waals surface area contributed by atoms with Gasteiger partial charge in [0, 0.05) is 32.2 Å². The molecule has 1 N–H and O–H groups in total. The first-order valence-corrected chi connectivity index (χ1v) is 6.41. The summed E-state index contributed by atoms with van der Waals surface area (Å²) in [6.07, 6.45) is 5.83. The van der Waals surface area contributed by atoms with Gasteiger partial charge in [-0.25, -0.2) is 4.98 Å². The minimum Gasteiger partial charge on any atom is -0.389 e. The number of likely N-dealkylation sites (N-methyl/N-ethyl adjacent to an activating group) is 1. The van der Waals surface area contributed by atoms with Crippen LogP contribution in [0.2, 0.25) is 0 Å². The average Bonchev–Trinajstić information content (AvgIpc) is 2.46. The minimum absolute atomic E-state index is 0.463. The highest BCUT2D eigenvalue weighted by Crippen LogP contribution is 2.17. The summed E-state index contributed by atoms with van der Waals surface area (Å²) < 4.78 is 0. The molecular weight excluding hydrogens is 238 g/mol. The fraction of sp³-hybridized carbons (Fsp3) is 0.333. The molecule has 0 fully saturated rings. The van der Waals surface area contributed by atoms with E-state index < -0.39 is 6.10 Å². The Morgan fingerprint density at radius 1 is 1.21 bits per heavy atom. The van der Waals surface area contributed by atoms with Gasteiger partial charge in [0.25, 0.3) is 0 Å². The van der Waals surface area contributed by atoms with Gasteiger partial charge in [-0.1, -0.05) is 0 Å². The smallest absolute Gasteiger partial charge is 0.128 e. The summed E-state index contributed by atoms with van der Waals surface area (Å²) in [5, 5.41) is 9.58. The van der Waals surface area contributed by atoms with E-state index in [9.17, 15) is 5.11 Å². The molecule has 4 nitrogen and oxygen atoms in total. The van der Waals surface area contributed by atoms with E-state index in [2.05, 4.69) is 14.9 Å². The monoisotopic (exact) mass is 257 g/mol. The van der Waals surface area contributed by atoms with Crippen molar-refractivity contribution in [1.82, 2.24) is 9.97 Å². The molecule has 100 valence electrons. The number of rotatable bonds is 5. The molecule has 0 aromatic carbocycles. The van der Waals surface area contributed by atoms with Crippen LogP contribution < -0.4 is 4.90 Å². The molecule has 2 aromatic heterocycles. The summed E-state index contributed by atoms with van der Waals surface area (Å²) in [5.74, 6) is 0.882. The second-order valence-corrected chi connectivity index (χ2v) is 4.65. The van der Waals surface area contributed by atoms with Crippen LogP contribution in [0, 0.1) is 0 Å². The summed E-state index contributed by atoms with van der Waals surface area (Å²) >= 11 is 0. The van der Waals surface area contributed by atoms with Gasteiger partial charge in [-0.15, -0.1) is 0 Å². The molecule has 0 aliphatic rings. The quantitative estimate of drug-likeness (QED) is 0.892. The van der Waals surface area contributed by atoms with Gasteiger partial charge in [-0.3, -0.25) is 4.98 Å². The summed E-state index contributed by atoms with van der Waals surface area (Å²) in [6.45, 7) is 2.64. The third kappa shape index (κ3) is 3.76. The van der Waals surface area contributed by atoms with Gasteiger partial charge in [0.15, 0.2) is 0 Å². The van der Waals surface area contributed by atoms with Crippen molar-refractivity contribution in [2.45, 2.75) is 19.4 Å². The maximum Gasteiger partial charge on any atom is 0.128 e. The van der Waals surface area contributed by atoms with Crippen LogP contribution in [-0.4, -0.2) is 28.7 Å². The second-order valence-electron chi connectivity index (χ2n) is 4.65. The number of aliphatic hydroxyl groups excluding tert-OH is 1. The van der Waals surface area contributed by atoms with Crippen molar-refractivity contribution in [2.24, 2.45) is 0 Å². The molecule has 19 heavy (non-hydrogen) atoms. The van der Waals surface area contributed by atoms with Gasteiger partial charge >= 0.3 is 0 Å². The topological polar surface area (TPSA) is 49.3 Å². The molecule has 0 aliphatic carbocycles. The Balaban J connectivity index is 2.00. The van der Waals surface area contributed by atoms with Crippen molar-refractivity contribution in [3.8, 4) is 0 Å². The van der Waals surface area contributed by atoms with Crippen LogP contribution in [-0.2, 0) is 6.42 Å². The molecule has 0 spiro atoms. The lowest BCUT2D eigenvalue weighted by molar-refractivity contribution is 0.199. The summed E-state index contributed by atoms with van der Waals surface area (Å²) in [6, 6.07) is 7.81. The Hall–Kier alpha value is -1.94. The van der Waals surface area contributed by atoms with E-state index in [4.69, 9.17) is 0 Å². The lowest BCUT2D eigenvalue weighted by Gasteiger charge is -2.19. The maximum atomic E-state index is 9.58. The predicted octanol–water partition coefficient (Wildman–Crippen LogP) is 2.21. The third-order valence-corrected chi connectivity index (χ3v) is 3.13. The predicted molar refractivity (Wildman–Crippen MR) is 76.1 cm³/mol. The van der Waals surface area contributed by atoms with Gasteiger partial charge in [-0.2, -0.15) is 0 Å². The SMILES string of the molecule is CC(O)c1ccnc(N(C)CCc2ccncc2)c1. The van der Waals surface area contributed by atoms with Crippen molar-refractivity contribution in [3.05, 3.63) is 54.0 Å². The zero-order chi connectivity index (χ0) is 13.7. The zero-order valence-corrected chi connectivity index (χ0v) is 11.3. The van der Waals surface area contributed by atoms with Crippen molar-refractivity contribution in [3.63, 3.8) is 0 Å². The molecule has 2 rings (SSSR count). The van der Waals surface area contributed by atoms with Crippen molar-refractivity contribution in [2.75, 3.05) is 18.5 Å². The fourth-order valence-electron chi connectivity index (χ4n) is 1.86. The maximum absolute atomic E-state index is 9.58. The normalized spacial score (nSPS) is 12.2. The lowest BCUT2D eigenvalue weighted by Crippen LogP contribution is -2.21. The molecule has 0 radical (unpaired) electrons. The first-order chi connectivity index (χ1) is 9.16. The van der Waals surface area contributed by atoms with E-state index in [0.29, 0.717) is 0 Å². The Morgan fingerprint density at radius 3 is 2.63 bits per heavy atom. The summed E-state index contributed by atoms with van der Waals surface area (Å²) in [4.78, 5) is 10.4. The molecule has 1 atom stereocenters. The molecule has 0 bridgehead atoms. The van der Waals surface area contributed by atoms with Crippen LogP contribution in [0.15, 0.2) is 42.9 Å². The Morgan fingerprint density at radius 2 is 1.95 bits per heavy atom. The van der Waals surface area contributed by atoms with Crippen LogP contribution in [0.1, 0.15) is 24.2 Å². The van der Waals surface area contributed by atoms with Crippen molar-refractivity contribution < 1.29 is 5.11 Å². The van der Waals surface area contributed by atoms with Crippen molar-refractivity contribution in [1.29, 1.82) is 0 Å². The number of aliphatic hydroxyl groups is 1. The van der Waals surface area contributed by atoms with Gasteiger partial charge in [0.1, 0.15) is 5.82 Å². The van der Waals surface area contributed by atoms with Crippen LogP contribution in [0.25, 0.3) is 0 Å². The first kappa shape index (κ1) is 13.5. The number of hydrogen-bond donors (Lipinski definition) is 1. The molecule has 2 heterocycles. The average molecular weight is 257 g/mol. The largest absolute Gasteiger partial charge is 0.389 e. The number of aromatic nitrogens is 2. The second kappa shape index (κ2) is 6.29. The van der Waals surface area contributed by atoms with Crippen LogP contribution in [0.5, 0.6) is 0 Å². The zero-order valence-electron chi connectivity index (χ0n) is 11.3. The van der Waals surface area contributed by atoms with E-state index in [1.54, 1.807) is 13.1 Å². The number of anilines is 1. The molecule has 0 saturated heterocycles. The van der Waals surface area contributed by atoms with Gasteiger partial charge in [0.2, 0.25) is 0 Å². The van der Waals surface area contributed by atoms with E-state index in [1.165, 1.54) is 5.56 Å². The third-order valence-electron chi connectivity index (χ3n) is 3.13. The minimum atomic E-state index is -0.463. The van der Waals surface area contributed by atoms with E-state index >= 15 is 0 Å². The van der Waals surface area contributed by atoms with Gasteiger partial charge < -0.3 is 10.0 Å². The molecule has 0 amide bonds. The Labute approximate surface area is 113 Å². The van der Waals surface area contributed by atoms with E-state index in [-0.39, 0.29) is 0 Å². The Kier molecular flexibility index (Phi) is 4.47. The summed E-state index contributed by atoms with van der Waals surface area (Å²) in [7, 11) is 2.01. The molecular formula is C15H19N3O. The first-order valence-electron chi connectivity index (χ1n) is 6.41. The standard InChI is InChI=1S/C15H19N3O/c1-12(19)14-5-9-17-15(11-14)18(2)10-6-13-3-7-16-8-4-13/h3-5,7-9,11-12,19H,6,10H2,1-2H3. The number of pyridine rings is 2.